The van der Waals surface area contributed by atoms with Crippen molar-refractivity contribution >= 4 is 39.0 Å². The van der Waals surface area contributed by atoms with Crippen LogP contribution in [-0.2, 0) is 10.0 Å². The highest BCUT2D eigenvalue weighted by Crippen LogP contribution is 2.22. The van der Waals surface area contributed by atoms with Crippen LogP contribution in [0.25, 0.3) is 0 Å². The van der Waals surface area contributed by atoms with Gasteiger partial charge in [0.2, 0.25) is 10.0 Å². The second-order valence-electron chi connectivity index (χ2n) is 4.51. The third-order valence-electron chi connectivity index (χ3n) is 2.99. The summed E-state index contributed by atoms with van der Waals surface area (Å²) in [5.41, 5.74) is 5.22. The fourth-order valence-corrected chi connectivity index (χ4v) is 5.03. The molecule has 1 aromatic rings. The molecule has 1 fully saturated rings. The van der Waals surface area contributed by atoms with E-state index in [0.29, 0.717) is 0 Å². The number of halogens is 1. The van der Waals surface area contributed by atoms with Crippen LogP contribution < -0.4 is 10.5 Å². The third-order valence-corrected chi connectivity index (χ3v) is 5.98. The lowest BCUT2D eigenvalue weighted by molar-refractivity contribution is 0.541. The van der Waals surface area contributed by atoms with Gasteiger partial charge in [0.25, 0.3) is 0 Å². The van der Waals surface area contributed by atoms with Crippen molar-refractivity contribution in [2.75, 3.05) is 11.5 Å². The van der Waals surface area contributed by atoms with Gasteiger partial charge in [-0.15, -0.1) is 0 Å². The molecule has 2 rings (SSSR count). The first kappa shape index (κ1) is 15.7. The molecule has 1 heterocycles. The zero-order chi connectivity index (χ0) is 14.8. The second kappa shape index (κ2) is 6.38. The molecular weight excluding hydrogens is 319 g/mol. The molecule has 110 valence electrons. The van der Waals surface area contributed by atoms with Gasteiger partial charge in [-0.2, -0.15) is 11.8 Å². The summed E-state index contributed by atoms with van der Waals surface area (Å²) < 4.78 is 41.1. The highest BCUT2D eigenvalue weighted by molar-refractivity contribution is 7.99. The Morgan fingerprint density at radius 2 is 2.25 bits per heavy atom. The van der Waals surface area contributed by atoms with Gasteiger partial charge in [0, 0.05) is 11.8 Å². The number of nitrogens with one attached hydrogen (secondary N) is 1. The quantitative estimate of drug-likeness (QED) is 0.819. The average Bonchev–Trinajstić information content (AvgIpc) is 2.38. The molecule has 0 saturated carbocycles. The van der Waals surface area contributed by atoms with Gasteiger partial charge >= 0.3 is 0 Å². The van der Waals surface area contributed by atoms with Crippen LogP contribution in [0.15, 0.2) is 23.1 Å². The smallest absolute Gasteiger partial charge is 0.241 e. The molecule has 0 bridgehead atoms. The van der Waals surface area contributed by atoms with E-state index in [1.165, 1.54) is 12.1 Å². The van der Waals surface area contributed by atoms with Gasteiger partial charge in [-0.1, -0.05) is 18.3 Å². The first-order valence-electron chi connectivity index (χ1n) is 6.10. The standard InChI is InChI=1S/C12H15FN2O2S3/c13-9-4-1-5-10(11(9)12(14)18)20(16,17)15-8-3-2-6-19-7-8/h1,4-5,8,15H,2-3,6-7H2,(H2,14,18). The van der Waals surface area contributed by atoms with E-state index in [9.17, 15) is 12.8 Å². The van der Waals surface area contributed by atoms with Gasteiger partial charge in [0.15, 0.2) is 0 Å². The van der Waals surface area contributed by atoms with Crippen molar-refractivity contribution < 1.29 is 12.8 Å². The van der Waals surface area contributed by atoms with Crippen molar-refractivity contribution in [2.45, 2.75) is 23.8 Å². The summed E-state index contributed by atoms with van der Waals surface area (Å²) in [6.07, 6.45) is 1.74. The van der Waals surface area contributed by atoms with E-state index in [1.807, 2.05) is 0 Å². The van der Waals surface area contributed by atoms with Crippen molar-refractivity contribution in [1.82, 2.24) is 4.72 Å². The fraction of sp³-hybridized carbons (Fsp3) is 0.417. The topological polar surface area (TPSA) is 72.2 Å². The van der Waals surface area contributed by atoms with Crippen LogP contribution in [-0.4, -0.2) is 31.0 Å². The van der Waals surface area contributed by atoms with Crippen LogP contribution in [0.4, 0.5) is 4.39 Å². The maximum absolute atomic E-state index is 13.7. The third kappa shape index (κ3) is 3.49. The fourth-order valence-electron chi connectivity index (χ4n) is 2.08. The molecular formula is C12H15FN2O2S3. The lowest BCUT2D eigenvalue weighted by Crippen LogP contribution is -2.39. The summed E-state index contributed by atoms with van der Waals surface area (Å²) in [6.45, 7) is 0. The minimum atomic E-state index is -3.83. The van der Waals surface area contributed by atoms with Crippen molar-refractivity contribution in [3.63, 3.8) is 0 Å². The number of benzene rings is 1. The summed E-state index contributed by atoms with van der Waals surface area (Å²) in [5, 5.41) is 0. The first-order valence-corrected chi connectivity index (χ1v) is 9.15. The van der Waals surface area contributed by atoms with Gasteiger partial charge < -0.3 is 5.73 Å². The Bertz CT molecular complexity index is 613. The van der Waals surface area contributed by atoms with Crippen LogP contribution in [0.2, 0.25) is 0 Å². The van der Waals surface area contributed by atoms with E-state index in [-0.39, 0.29) is 21.5 Å². The Hall–Kier alpha value is -0.700. The second-order valence-corrected chi connectivity index (χ2v) is 7.78. The molecule has 1 aliphatic heterocycles. The van der Waals surface area contributed by atoms with E-state index in [1.54, 1.807) is 11.8 Å². The Balaban J connectivity index is 2.34. The molecule has 3 N–H and O–H groups in total. The number of thiocarbonyl (C=S) groups is 1. The van der Waals surface area contributed by atoms with Gasteiger partial charge in [0.05, 0.1) is 10.5 Å². The lowest BCUT2D eigenvalue weighted by atomic mass is 10.2. The van der Waals surface area contributed by atoms with Gasteiger partial charge in [0.1, 0.15) is 10.8 Å². The summed E-state index contributed by atoms with van der Waals surface area (Å²) in [6, 6.07) is 3.66. The van der Waals surface area contributed by atoms with Crippen LogP contribution >= 0.6 is 24.0 Å². The molecule has 1 aromatic carbocycles. The molecule has 4 nitrogen and oxygen atoms in total. The van der Waals surface area contributed by atoms with Gasteiger partial charge in [-0.25, -0.2) is 17.5 Å². The molecule has 0 aliphatic carbocycles. The molecule has 0 amide bonds. The Morgan fingerprint density at radius 3 is 2.85 bits per heavy atom. The van der Waals surface area contributed by atoms with Crippen molar-refractivity contribution in [3.8, 4) is 0 Å². The van der Waals surface area contributed by atoms with Crippen molar-refractivity contribution in [2.24, 2.45) is 5.73 Å². The number of hydrogen-bond donors (Lipinski definition) is 2. The summed E-state index contributed by atoms with van der Waals surface area (Å²) >= 11 is 6.45. The predicted molar refractivity (Wildman–Crippen MR) is 83.0 cm³/mol. The minimum absolute atomic E-state index is 0.138. The number of thioether (sulfide) groups is 1. The first-order chi connectivity index (χ1) is 9.42. The Labute approximate surface area is 127 Å². The monoisotopic (exact) mass is 334 g/mol. The Morgan fingerprint density at radius 1 is 1.50 bits per heavy atom. The normalized spacial score (nSPS) is 19.8. The summed E-state index contributed by atoms with van der Waals surface area (Å²) in [5.74, 6) is 1.03. The van der Waals surface area contributed by atoms with E-state index >= 15 is 0 Å². The molecule has 0 aromatic heterocycles. The van der Waals surface area contributed by atoms with Crippen LogP contribution in [0.1, 0.15) is 18.4 Å². The maximum Gasteiger partial charge on any atom is 0.241 e. The van der Waals surface area contributed by atoms with Crippen LogP contribution in [0.5, 0.6) is 0 Å². The molecule has 1 unspecified atom stereocenters. The van der Waals surface area contributed by atoms with Crippen molar-refractivity contribution in [3.05, 3.63) is 29.6 Å². The van der Waals surface area contributed by atoms with E-state index in [4.69, 9.17) is 18.0 Å². The highest BCUT2D eigenvalue weighted by Gasteiger charge is 2.26. The zero-order valence-corrected chi connectivity index (χ0v) is 13.1. The van der Waals surface area contributed by atoms with Crippen molar-refractivity contribution in [1.29, 1.82) is 0 Å². The van der Waals surface area contributed by atoms with E-state index < -0.39 is 15.8 Å². The largest absolute Gasteiger partial charge is 0.389 e. The lowest BCUT2D eigenvalue weighted by Gasteiger charge is -2.23. The number of hydrogen-bond acceptors (Lipinski definition) is 4. The number of nitrogens with two attached hydrogens (primary N) is 1. The SMILES string of the molecule is NC(=S)c1c(F)cccc1S(=O)(=O)NC1CCCSC1. The van der Waals surface area contributed by atoms with Crippen LogP contribution in [0, 0.1) is 5.82 Å². The number of rotatable bonds is 4. The molecule has 1 atom stereocenters. The maximum atomic E-state index is 13.7. The van der Waals surface area contributed by atoms with E-state index in [2.05, 4.69) is 4.72 Å². The van der Waals surface area contributed by atoms with Gasteiger partial charge in [-0.05, 0) is 30.7 Å². The molecule has 20 heavy (non-hydrogen) atoms. The van der Waals surface area contributed by atoms with E-state index in [0.717, 1.165) is 30.4 Å². The predicted octanol–water partition coefficient (Wildman–Crippen LogP) is 1.63. The summed E-state index contributed by atoms with van der Waals surface area (Å²) in [4.78, 5) is -0.456. The number of sulfonamides is 1. The highest BCUT2D eigenvalue weighted by atomic mass is 32.2. The molecule has 8 heteroatoms. The minimum Gasteiger partial charge on any atom is -0.389 e. The van der Waals surface area contributed by atoms with Crippen LogP contribution in [0.3, 0.4) is 0 Å². The molecule has 1 saturated heterocycles. The average molecular weight is 334 g/mol. The summed E-state index contributed by atoms with van der Waals surface area (Å²) in [7, 11) is -3.83. The Kier molecular flexibility index (Phi) is 5.00. The zero-order valence-electron chi connectivity index (χ0n) is 10.6. The molecule has 0 radical (unpaired) electrons. The van der Waals surface area contributed by atoms with Gasteiger partial charge in [-0.3, -0.25) is 0 Å². The molecule has 1 aliphatic rings. The molecule has 0 spiro atoms.